The number of methoxy groups -OCH3 is 1. The summed E-state index contributed by atoms with van der Waals surface area (Å²) in [6.07, 6.45) is 0.781. The molecule has 0 radical (unpaired) electrons. The van der Waals surface area contributed by atoms with Crippen molar-refractivity contribution >= 4 is 29.9 Å². The third-order valence-electron chi connectivity index (χ3n) is 4.27. The van der Waals surface area contributed by atoms with Crippen molar-refractivity contribution in [3.63, 3.8) is 0 Å². The number of nitrogens with one attached hydrogen (secondary N) is 1. The van der Waals surface area contributed by atoms with Crippen molar-refractivity contribution in [1.29, 1.82) is 0 Å². The molecule has 0 saturated heterocycles. The molecule has 2 aromatic carbocycles. The van der Waals surface area contributed by atoms with Crippen molar-refractivity contribution in [2.75, 3.05) is 27.2 Å². The van der Waals surface area contributed by atoms with Crippen LogP contribution in [0.25, 0.3) is 0 Å². The number of aromatic hydroxyl groups is 1. The summed E-state index contributed by atoms with van der Waals surface area (Å²) in [5.74, 6) is 1.54. The van der Waals surface area contributed by atoms with Crippen LogP contribution in [-0.4, -0.2) is 43.2 Å². The van der Waals surface area contributed by atoms with Gasteiger partial charge in [0, 0.05) is 26.7 Å². The maximum absolute atomic E-state index is 9.68. The molecule has 0 spiro atoms. The maximum atomic E-state index is 9.68. The molecule has 2 rings (SSSR count). The molecule has 0 aliphatic rings. The molecule has 2 aromatic rings. The number of benzene rings is 2. The highest BCUT2D eigenvalue weighted by molar-refractivity contribution is 14.0. The summed E-state index contributed by atoms with van der Waals surface area (Å²) in [6.45, 7) is 6.50. The number of hydrogen-bond donors (Lipinski definition) is 2. The summed E-state index contributed by atoms with van der Waals surface area (Å²) in [5, 5.41) is 13.0. The molecular weight excluding hydrogens is 453 g/mol. The Morgan fingerprint density at radius 2 is 1.96 bits per heavy atom. The van der Waals surface area contributed by atoms with Crippen LogP contribution in [0, 0.1) is 6.92 Å². The van der Waals surface area contributed by atoms with E-state index in [1.807, 2.05) is 12.1 Å². The second-order valence-corrected chi connectivity index (χ2v) is 6.27. The minimum atomic E-state index is 0. The molecule has 0 aromatic heterocycles. The monoisotopic (exact) mass is 483 g/mol. The largest absolute Gasteiger partial charge is 0.504 e. The van der Waals surface area contributed by atoms with E-state index in [-0.39, 0.29) is 29.7 Å². The van der Waals surface area contributed by atoms with Gasteiger partial charge in [-0.1, -0.05) is 30.3 Å². The molecule has 0 unspecified atom stereocenters. The molecule has 0 fully saturated rings. The Hall–Kier alpha value is -1.96. The van der Waals surface area contributed by atoms with E-state index in [4.69, 9.17) is 9.73 Å². The minimum absolute atomic E-state index is 0. The SMILES string of the molecule is CCNC(=NCCc1ccc(O)c(OC)c1)N(C)Cc1ccccc1C.I. The first-order chi connectivity index (χ1) is 12.5. The van der Waals surface area contributed by atoms with Crippen molar-refractivity contribution in [2.24, 2.45) is 4.99 Å². The Labute approximate surface area is 179 Å². The molecule has 0 atom stereocenters. The Bertz CT molecular complexity index is 750. The zero-order valence-electron chi connectivity index (χ0n) is 16.5. The van der Waals surface area contributed by atoms with Gasteiger partial charge in [-0.2, -0.15) is 0 Å². The topological polar surface area (TPSA) is 57.1 Å². The molecule has 0 bridgehead atoms. The number of aliphatic imine (C=N–C) groups is 1. The number of hydrogen-bond acceptors (Lipinski definition) is 3. The summed E-state index contributed by atoms with van der Waals surface area (Å²) >= 11 is 0. The Balaban J connectivity index is 0.00000364. The van der Waals surface area contributed by atoms with Crippen molar-refractivity contribution in [2.45, 2.75) is 26.8 Å². The van der Waals surface area contributed by atoms with Crippen LogP contribution < -0.4 is 10.1 Å². The predicted octanol–water partition coefficient (Wildman–Crippen LogP) is 3.97. The number of phenolic OH excluding ortho intramolecular Hbond substituents is 1. The van der Waals surface area contributed by atoms with Crippen LogP contribution >= 0.6 is 24.0 Å². The first kappa shape index (κ1) is 23.1. The third kappa shape index (κ3) is 6.93. The Kier molecular flexibility index (Phi) is 9.99. The quantitative estimate of drug-likeness (QED) is 0.356. The van der Waals surface area contributed by atoms with Gasteiger partial charge in [-0.05, 0) is 49.1 Å². The third-order valence-corrected chi connectivity index (χ3v) is 4.27. The van der Waals surface area contributed by atoms with E-state index in [9.17, 15) is 5.11 Å². The normalized spacial score (nSPS) is 10.9. The Morgan fingerprint density at radius 1 is 1.22 bits per heavy atom. The van der Waals surface area contributed by atoms with Crippen molar-refractivity contribution < 1.29 is 9.84 Å². The van der Waals surface area contributed by atoms with E-state index in [1.165, 1.54) is 11.1 Å². The van der Waals surface area contributed by atoms with Gasteiger partial charge in [-0.15, -0.1) is 24.0 Å². The summed E-state index contributed by atoms with van der Waals surface area (Å²) < 4.78 is 5.16. The predicted molar refractivity (Wildman–Crippen MR) is 122 cm³/mol. The fraction of sp³-hybridized carbons (Fsp3) is 0.381. The van der Waals surface area contributed by atoms with Crippen LogP contribution in [0.4, 0.5) is 0 Å². The second-order valence-electron chi connectivity index (χ2n) is 6.27. The molecule has 6 heteroatoms. The summed E-state index contributed by atoms with van der Waals surface area (Å²) in [6, 6.07) is 13.8. The van der Waals surface area contributed by atoms with Gasteiger partial charge >= 0.3 is 0 Å². The van der Waals surface area contributed by atoms with Crippen LogP contribution in [0.2, 0.25) is 0 Å². The molecule has 0 heterocycles. The summed E-state index contributed by atoms with van der Waals surface area (Å²) in [7, 11) is 3.61. The Morgan fingerprint density at radius 3 is 2.63 bits per heavy atom. The van der Waals surface area contributed by atoms with Crippen LogP contribution in [0.5, 0.6) is 11.5 Å². The molecule has 0 aliphatic carbocycles. The fourth-order valence-electron chi connectivity index (χ4n) is 2.76. The van der Waals surface area contributed by atoms with Crippen molar-refractivity contribution in [3.8, 4) is 11.5 Å². The highest BCUT2D eigenvalue weighted by Gasteiger charge is 2.08. The van der Waals surface area contributed by atoms with Gasteiger partial charge in [-0.25, -0.2) is 0 Å². The molecule has 0 amide bonds. The molecule has 27 heavy (non-hydrogen) atoms. The number of rotatable bonds is 7. The van der Waals surface area contributed by atoms with Gasteiger partial charge in [0.2, 0.25) is 0 Å². The van der Waals surface area contributed by atoms with Gasteiger partial charge in [0.15, 0.2) is 17.5 Å². The lowest BCUT2D eigenvalue weighted by molar-refractivity contribution is 0.373. The highest BCUT2D eigenvalue weighted by atomic mass is 127. The molecule has 5 nitrogen and oxygen atoms in total. The van der Waals surface area contributed by atoms with Gasteiger partial charge in [0.25, 0.3) is 0 Å². The molecule has 148 valence electrons. The summed E-state index contributed by atoms with van der Waals surface area (Å²) in [5.41, 5.74) is 3.66. The zero-order chi connectivity index (χ0) is 18.9. The summed E-state index contributed by atoms with van der Waals surface area (Å²) in [4.78, 5) is 6.88. The van der Waals surface area contributed by atoms with Gasteiger partial charge in [0.05, 0.1) is 7.11 Å². The molecule has 2 N–H and O–H groups in total. The molecule has 0 aliphatic heterocycles. The van der Waals surface area contributed by atoms with E-state index in [2.05, 4.69) is 55.4 Å². The fourth-order valence-corrected chi connectivity index (χ4v) is 2.76. The second kappa shape index (κ2) is 11.7. The van der Waals surface area contributed by atoms with Crippen LogP contribution in [0.1, 0.15) is 23.6 Å². The number of halogens is 1. The number of ether oxygens (including phenoxy) is 1. The van der Waals surface area contributed by atoms with Crippen molar-refractivity contribution in [1.82, 2.24) is 10.2 Å². The zero-order valence-corrected chi connectivity index (χ0v) is 18.9. The lowest BCUT2D eigenvalue weighted by atomic mass is 10.1. The maximum Gasteiger partial charge on any atom is 0.193 e. The number of aryl methyl sites for hydroxylation is 1. The van der Waals surface area contributed by atoms with Crippen LogP contribution in [0.3, 0.4) is 0 Å². The van der Waals surface area contributed by atoms with Gasteiger partial charge in [-0.3, -0.25) is 4.99 Å². The average molecular weight is 483 g/mol. The first-order valence-corrected chi connectivity index (χ1v) is 8.95. The first-order valence-electron chi connectivity index (χ1n) is 8.95. The lowest BCUT2D eigenvalue weighted by Gasteiger charge is -2.23. The van der Waals surface area contributed by atoms with Gasteiger partial charge < -0.3 is 20.1 Å². The van der Waals surface area contributed by atoms with Crippen LogP contribution in [0.15, 0.2) is 47.5 Å². The minimum Gasteiger partial charge on any atom is -0.504 e. The van der Waals surface area contributed by atoms with Gasteiger partial charge in [0.1, 0.15) is 0 Å². The standard InChI is InChI=1S/C21H29N3O2.HI/c1-5-22-21(24(3)15-18-9-7-6-8-16(18)2)23-13-12-17-10-11-19(25)20(14-17)26-4;/h6-11,14,25H,5,12-13,15H2,1-4H3,(H,22,23);1H. The van der Waals surface area contributed by atoms with E-state index >= 15 is 0 Å². The van der Waals surface area contributed by atoms with Crippen molar-refractivity contribution in [3.05, 3.63) is 59.2 Å². The van der Waals surface area contributed by atoms with Crippen LogP contribution in [-0.2, 0) is 13.0 Å². The lowest BCUT2D eigenvalue weighted by Crippen LogP contribution is -2.38. The highest BCUT2D eigenvalue weighted by Crippen LogP contribution is 2.26. The smallest absolute Gasteiger partial charge is 0.193 e. The number of phenols is 1. The number of guanidine groups is 1. The van der Waals surface area contributed by atoms with E-state index in [0.717, 1.165) is 31.0 Å². The van der Waals surface area contributed by atoms with E-state index in [0.29, 0.717) is 12.3 Å². The number of nitrogens with zero attached hydrogens (tertiary/aromatic N) is 2. The van der Waals surface area contributed by atoms with E-state index in [1.54, 1.807) is 13.2 Å². The van der Waals surface area contributed by atoms with E-state index < -0.39 is 0 Å². The average Bonchev–Trinajstić information content (AvgIpc) is 2.64. The molecular formula is C21H30IN3O2. The molecule has 0 saturated carbocycles.